The summed E-state index contributed by atoms with van der Waals surface area (Å²) in [5.41, 5.74) is 11.6. The van der Waals surface area contributed by atoms with Gasteiger partial charge in [0, 0.05) is 47.6 Å². The molecule has 3 aromatic rings. The van der Waals surface area contributed by atoms with Crippen molar-refractivity contribution in [3.8, 4) is 0 Å². The molecule has 0 saturated carbocycles. The molecule has 0 amide bonds. The van der Waals surface area contributed by atoms with E-state index in [2.05, 4.69) is 57.1 Å². The zero-order valence-electron chi connectivity index (χ0n) is 17.0. The number of nitrogens with two attached hydrogens (primary N) is 1. The van der Waals surface area contributed by atoms with E-state index in [1.807, 2.05) is 0 Å². The minimum Gasteiger partial charge on any atom is -0.393 e. The molecule has 2 heterocycles. The lowest BCUT2D eigenvalue weighted by atomic mass is 10.1. The van der Waals surface area contributed by atoms with Crippen molar-refractivity contribution in [3.05, 3.63) is 63.9 Å². The maximum atomic E-state index is 6.42. The van der Waals surface area contributed by atoms with E-state index in [1.165, 1.54) is 23.1 Å². The number of nitrogen functional groups attached to an aromatic ring is 1. The van der Waals surface area contributed by atoms with Gasteiger partial charge in [0.25, 0.3) is 0 Å². The van der Waals surface area contributed by atoms with Gasteiger partial charge in [0.05, 0.1) is 0 Å². The largest absolute Gasteiger partial charge is 0.393 e. The van der Waals surface area contributed by atoms with E-state index in [0.717, 1.165) is 37.7 Å². The molecule has 4 rings (SSSR count). The lowest BCUT2D eigenvalue weighted by Crippen LogP contribution is -2.47. The lowest BCUT2D eigenvalue weighted by molar-refractivity contribution is 0.646. The monoisotopic (exact) mass is 442 g/mol. The first-order valence-electron chi connectivity index (χ1n) is 9.82. The second kappa shape index (κ2) is 8.58. The zero-order chi connectivity index (χ0) is 21.3. The lowest BCUT2D eigenvalue weighted by Gasteiger charge is -2.38. The van der Waals surface area contributed by atoms with Crippen LogP contribution in [0.25, 0.3) is 0 Å². The summed E-state index contributed by atoms with van der Waals surface area (Å²) in [6, 6.07) is 11.7. The summed E-state index contributed by atoms with van der Waals surface area (Å²) in [6.45, 7) is 7.80. The van der Waals surface area contributed by atoms with E-state index in [1.54, 1.807) is 18.2 Å². The first-order valence-corrected chi connectivity index (χ1v) is 10.6. The second-order valence-electron chi connectivity index (χ2n) is 7.44. The maximum absolute atomic E-state index is 6.42. The Morgan fingerprint density at radius 1 is 0.933 bits per heavy atom. The van der Waals surface area contributed by atoms with Crippen LogP contribution in [0, 0.1) is 13.8 Å². The van der Waals surface area contributed by atoms with Gasteiger partial charge in [-0.25, -0.2) is 9.97 Å². The van der Waals surface area contributed by atoms with Gasteiger partial charge < -0.3 is 20.9 Å². The summed E-state index contributed by atoms with van der Waals surface area (Å²) in [5.74, 6) is 1.27. The maximum Gasteiger partial charge on any atom is 0.159 e. The van der Waals surface area contributed by atoms with Crippen molar-refractivity contribution in [2.75, 3.05) is 47.0 Å². The topological polar surface area (TPSA) is 70.3 Å². The number of benzene rings is 2. The Balaban J connectivity index is 1.50. The molecule has 3 N–H and O–H groups in total. The quantitative estimate of drug-likeness (QED) is 0.588. The van der Waals surface area contributed by atoms with Crippen molar-refractivity contribution >= 4 is 51.9 Å². The molecule has 0 aliphatic carbocycles. The van der Waals surface area contributed by atoms with Crippen molar-refractivity contribution < 1.29 is 0 Å². The van der Waals surface area contributed by atoms with E-state index >= 15 is 0 Å². The minimum absolute atomic E-state index is 0.508. The third kappa shape index (κ3) is 4.25. The SMILES string of the molecule is Cc1cccc(N2CCN(c3ncnc(Nc4cc(Cl)cc(Cl)c4)c3N)CC2)c1C. The summed E-state index contributed by atoms with van der Waals surface area (Å²) in [7, 11) is 0. The van der Waals surface area contributed by atoms with Gasteiger partial charge in [0.1, 0.15) is 12.0 Å². The highest BCUT2D eigenvalue weighted by Crippen LogP contribution is 2.32. The average Bonchev–Trinajstić information content (AvgIpc) is 2.71. The Morgan fingerprint density at radius 3 is 2.30 bits per heavy atom. The molecule has 1 fully saturated rings. The van der Waals surface area contributed by atoms with Crippen LogP contribution in [-0.4, -0.2) is 36.1 Å². The molecule has 30 heavy (non-hydrogen) atoms. The molecule has 0 unspecified atom stereocenters. The Kier molecular flexibility index (Phi) is 5.88. The van der Waals surface area contributed by atoms with E-state index in [4.69, 9.17) is 28.9 Å². The molecule has 8 heteroatoms. The van der Waals surface area contributed by atoms with Crippen LogP contribution < -0.4 is 20.9 Å². The van der Waals surface area contributed by atoms with Gasteiger partial charge in [-0.1, -0.05) is 35.3 Å². The Morgan fingerprint density at radius 2 is 1.60 bits per heavy atom. The highest BCUT2D eigenvalue weighted by atomic mass is 35.5. The second-order valence-corrected chi connectivity index (χ2v) is 8.31. The van der Waals surface area contributed by atoms with Gasteiger partial charge in [-0.2, -0.15) is 0 Å². The summed E-state index contributed by atoms with van der Waals surface area (Å²) < 4.78 is 0. The van der Waals surface area contributed by atoms with Crippen molar-refractivity contribution in [1.82, 2.24) is 9.97 Å². The molecule has 1 aromatic heterocycles. The number of hydrogen-bond acceptors (Lipinski definition) is 6. The van der Waals surface area contributed by atoms with Crippen LogP contribution in [-0.2, 0) is 0 Å². The summed E-state index contributed by atoms with van der Waals surface area (Å²) in [5, 5.41) is 4.28. The molecule has 2 aromatic carbocycles. The molecule has 156 valence electrons. The van der Waals surface area contributed by atoms with Gasteiger partial charge in [0.15, 0.2) is 11.6 Å². The standard InChI is InChI=1S/C22H24Cl2N6/c1-14-4-3-5-19(15(14)2)29-6-8-30(9-7-29)22-20(25)21(26-13-27-22)28-18-11-16(23)10-17(24)12-18/h3-5,10-13H,6-9,25H2,1-2H3,(H,26,27,28). The number of rotatable bonds is 4. The number of piperazine rings is 1. The fourth-order valence-corrected chi connectivity index (χ4v) is 4.26. The van der Waals surface area contributed by atoms with E-state index < -0.39 is 0 Å². The first kappa shape index (κ1) is 20.6. The predicted molar refractivity (Wildman–Crippen MR) is 127 cm³/mol. The number of aromatic nitrogens is 2. The summed E-state index contributed by atoms with van der Waals surface area (Å²) in [4.78, 5) is 13.4. The van der Waals surface area contributed by atoms with Gasteiger partial charge in [-0.3, -0.25) is 0 Å². The van der Waals surface area contributed by atoms with E-state index in [-0.39, 0.29) is 0 Å². The fourth-order valence-electron chi connectivity index (χ4n) is 3.74. The molecule has 0 bridgehead atoms. The van der Waals surface area contributed by atoms with Gasteiger partial charge in [0.2, 0.25) is 0 Å². The molecule has 1 aliphatic rings. The molecule has 0 spiro atoms. The molecule has 1 saturated heterocycles. The van der Waals surface area contributed by atoms with Crippen LogP contribution in [0.2, 0.25) is 10.0 Å². The van der Waals surface area contributed by atoms with Crippen LogP contribution in [0.1, 0.15) is 11.1 Å². The van der Waals surface area contributed by atoms with E-state index in [9.17, 15) is 0 Å². The molecule has 0 radical (unpaired) electrons. The van der Waals surface area contributed by atoms with Crippen molar-refractivity contribution in [2.24, 2.45) is 0 Å². The minimum atomic E-state index is 0.508. The molecule has 0 atom stereocenters. The molecule has 6 nitrogen and oxygen atoms in total. The number of hydrogen-bond donors (Lipinski definition) is 2. The first-order chi connectivity index (χ1) is 14.4. The Labute approximate surface area is 186 Å². The smallest absolute Gasteiger partial charge is 0.159 e. The van der Waals surface area contributed by atoms with Crippen LogP contribution in [0.3, 0.4) is 0 Å². The van der Waals surface area contributed by atoms with Crippen molar-refractivity contribution in [3.63, 3.8) is 0 Å². The van der Waals surface area contributed by atoms with Crippen molar-refractivity contribution in [1.29, 1.82) is 0 Å². The van der Waals surface area contributed by atoms with Crippen molar-refractivity contribution in [2.45, 2.75) is 13.8 Å². The number of halogens is 2. The van der Waals surface area contributed by atoms with Crippen LogP contribution >= 0.6 is 23.2 Å². The molecular formula is C22H24Cl2N6. The highest BCUT2D eigenvalue weighted by molar-refractivity contribution is 6.35. The van der Waals surface area contributed by atoms with Crippen LogP contribution in [0.5, 0.6) is 0 Å². The third-order valence-corrected chi connectivity index (χ3v) is 5.92. The Bertz CT molecular complexity index is 1040. The van der Waals surface area contributed by atoms with Gasteiger partial charge in [-0.15, -0.1) is 0 Å². The zero-order valence-corrected chi connectivity index (χ0v) is 18.5. The van der Waals surface area contributed by atoms with Gasteiger partial charge >= 0.3 is 0 Å². The summed E-state index contributed by atoms with van der Waals surface area (Å²) in [6.07, 6.45) is 1.53. The number of aryl methyl sites for hydroxylation is 1. The number of nitrogens with one attached hydrogen (secondary N) is 1. The van der Waals surface area contributed by atoms with Crippen LogP contribution in [0.4, 0.5) is 28.7 Å². The average molecular weight is 443 g/mol. The Hall–Kier alpha value is -2.70. The fraction of sp³-hybridized carbons (Fsp3) is 0.273. The van der Waals surface area contributed by atoms with E-state index in [0.29, 0.717) is 21.6 Å². The van der Waals surface area contributed by atoms with Crippen LogP contribution in [0.15, 0.2) is 42.7 Å². The highest BCUT2D eigenvalue weighted by Gasteiger charge is 2.22. The third-order valence-electron chi connectivity index (χ3n) is 5.48. The predicted octanol–water partition coefficient (Wildman–Crippen LogP) is 5.05. The number of nitrogens with zero attached hydrogens (tertiary/aromatic N) is 4. The molecular weight excluding hydrogens is 419 g/mol. The molecule has 1 aliphatic heterocycles. The normalized spacial score (nSPS) is 14.1. The van der Waals surface area contributed by atoms with Gasteiger partial charge in [-0.05, 0) is 49.2 Å². The number of anilines is 5. The summed E-state index contributed by atoms with van der Waals surface area (Å²) >= 11 is 12.2.